The van der Waals surface area contributed by atoms with Crippen molar-refractivity contribution in [3.05, 3.63) is 54.9 Å². The van der Waals surface area contributed by atoms with E-state index in [1.165, 1.54) is 11.1 Å². The third kappa shape index (κ3) is 2.70. The molecule has 0 saturated heterocycles. The molecule has 0 bridgehead atoms. The highest BCUT2D eigenvalue weighted by molar-refractivity contribution is 6.15. The molecule has 2 unspecified atom stereocenters. The van der Waals surface area contributed by atoms with Crippen molar-refractivity contribution in [1.82, 2.24) is 19.5 Å². The van der Waals surface area contributed by atoms with Crippen molar-refractivity contribution in [3.63, 3.8) is 0 Å². The van der Waals surface area contributed by atoms with Gasteiger partial charge in [0.2, 0.25) is 0 Å². The fourth-order valence-electron chi connectivity index (χ4n) is 3.06. The number of allylic oxidation sites excluding steroid dienone is 1. The van der Waals surface area contributed by atoms with Crippen LogP contribution in [0.4, 0.5) is 0 Å². The summed E-state index contributed by atoms with van der Waals surface area (Å²) in [5.74, 6) is 0.495. The number of H-pyrrole nitrogens is 1. The molecule has 4 rings (SSSR count). The lowest BCUT2D eigenvalue weighted by atomic mass is 9.96. The molecule has 4 heterocycles. The molecule has 0 amide bonds. The SMILES string of the molecule is CC(CCn1ccnc1)C1C=C(c2ccnc3[nH]ccc23)C=N1. The Balaban J connectivity index is 1.51. The molecule has 0 aliphatic carbocycles. The fourth-order valence-corrected chi connectivity index (χ4v) is 3.06. The molecule has 116 valence electrons. The number of imidazole rings is 1. The molecule has 3 aromatic heterocycles. The van der Waals surface area contributed by atoms with Crippen molar-refractivity contribution < 1.29 is 0 Å². The van der Waals surface area contributed by atoms with Gasteiger partial charge in [0.1, 0.15) is 5.65 Å². The van der Waals surface area contributed by atoms with Crippen LogP contribution in [0.1, 0.15) is 18.9 Å². The second-order valence-electron chi connectivity index (χ2n) is 6.06. The molecule has 0 radical (unpaired) electrons. The Morgan fingerprint density at radius 2 is 2.26 bits per heavy atom. The van der Waals surface area contributed by atoms with E-state index in [1.807, 2.05) is 37.3 Å². The van der Waals surface area contributed by atoms with E-state index < -0.39 is 0 Å². The van der Waals surface area contributed by atoms with Crippen LogP contribution in [0.15, 0.2) is 54.3 Å². The number of hydrogen-bond acceptors (Lipinski definition) is 3. The van der Waals surface area contributed by atoms with Gasteiger partial charge in [0.15, 0.2) is 0 Å². The van der Waals surface area contributed by atoms with Gasteiger partial charge in [-0.15, -0.1) is 0 Å². The van der Waals surface area contributed by atoms with Crippen LogP contribution < -0.4 is 0 Å². The van der Waals surface area contributed by atoms with Crippen LogP contribution in [-0.2, 0) is 6.54 Å². The van der Waals surface area contributed by atoms with Gasteiger partial charge in [-0.05, 0) is 35.6 Å². The van der Waals surface area contributed by atoms with Crippen molar-refractivity contribution in [3.8, 4) is 0 Å². The minimum atomic E-state index is 0.246. The zero-order valence-electron chi connectivity index (χ0n) is 13.1. The summed E-state index contributed by atoms with van der Waals surface area (Å²) in [6.45, 7) is 3.24. The quantitative estimate of drug-likeness (QED) is 0.786. The molecule has 1 aliphatic heterocycles. The van der Waals surface area contributed by atoms with Crippen LogP contribution in [0.5, 0.6) is 0 Å². The van der Waals surface area contributed by atoms with Crippen molar-refractivity contribution in [1.29, 1.82) is 0 Å². The summed E-state index contributed by atoms with van der Waals surface area (Å²) < 4.78 is 2.12. The van der Waals surface area contributed by atoms with Crippen LogP contribution >= 0.6 is 0 Å². The zero-order valence-corrected chi connectivity index (χ0v) is 13.1. The van der Waals surface area contributed by atoms with Gasteiger partial charge in [0.05, 0.1) is 12.4 Å². The molecule has 23 heavy (non-hydrogen) atoms. The van der Waals surface area contributed by atoms with E-state index in [2.05, 4.69) is 44.7 Å². The number of aliphatic imine (C=N–C) groups is 1. The number of nitrogens with one attached hydrogen (secondary N) is 1. The average Bonchev–Trinajstić information content (AvgIpc) is 3.32. The van der Waals surface area contributed by atoms with E-state index in [1.54, 1.807) is 0 Å². The number of aromatic amines is 1. The molecule has 0 spiro atoms. The van der Waals surface area contributed by atoms with Crippen molar-refractivity contribution in [2.75, 3.05) is 0 Å². The lowest BCUT2D eigenvalue weighted by Crippen LogP contribution is -2.13. The highest BCUT2D eigenvalue weighted by Gasteiger charge is 2.20. The van der Waals surface area contributed by atoms with Gasteiger partial charge in [0, 0.05) is 42.9 Å². The lowest BCUT2D eigenvalue weighted by molar-refractivity contribution is 0.447. The Hall–Kier alpha value is -2.69. The second-order valence-corrected chi connectivity index (χ2v) is 6.06. The number of hydrogen-bond donors (Lipinski definition) is 1. The van der Waals surface area contributed by atoms with Crippen LogP contribution in [0.2, 0.25) is 0 Å². The molecular weight excluding hydrogens is 286 g/mol. The summed E-state index contributed by atoms with van der Waals surface area (Å²) >= 11 is 0. The number of rotatable bonds is 5. The molecule has 5 heteroatoms. The van der Waals surface area contributed by atoms with Crippen LogP contribution in [0, 0.1) is 5.92 Å². The Morgan fingerprint density at radius 3 is 3.13 bits per heavy atom. The van der Waals surface area contributed by atoms with E-state index in [4.69, 9.17) is 4.99 Å². The summed E-state index contributed by atoms with van der Waals surface area (Å²) in [5, 5.41) is 1.15. The summed E-state index contributed by atoms with van der Waals surface area (Å²) in [6.07, 6.45) is 14.8. The topological polar surface area (TPSA) is 58.9 Å². The van der Waals surface area contributed by atoms with E-state index in [-0.39, 0.29) is 6.04 Å². The lowest BCUT2D eigenvalue weighted by Gasteiger charge is -2.15. The van der Waals surface area contributed by atoms with Crippen molar-refractivity contribution in [2.24, 2.45) is 10.9 Å². The van der Waals surface area contributed by atoms with Gasteiger partial charge in [0.25, 0.3) is 0 Å². The monoisotopic (exact) mass is 305 g/mol. The van der Waals surface area contributed by atoms with Gasteiger partial charge in [-0.2, -0.15) is 0 Å². The van der Waals surface area contributed by atoms with Gasteiger partial charge < -0.3 is 9.55 Å². The maximum absolute atomic E-state index is 4.71. The highest BCUT2D eigenvalue weighted by Crippen LogP contribution is 2.28. The predicted molar refractivity (Wildman–Crippen MR) is 92.4 cm³/mol. The van der Waals surface area contributed by atoms with Crippen LogP contribution in [0.25, 0.3) is 16.6 Å². The van der Waals surface area contributed by atoms with Gasteiger partial charge in [-0.3, -0.25) is 4.99 Å². The number of pyridine rings is 1. The largest absolute Gasteiger partial charge is 0.346 e. The van der Waals surface area contributed by atoms with Gasteiger partial charge in [-0.25, -0.2) is 9.97 Å². The van der Waals surface area contributed by atoms with E-state index in [0.717, 1.165) is 24.0 Å². The number of fused-ring (bicyclic) bond motifs is 1. The van der Waals surface area contributed by atoms with Gasteiger partial charge >= 0.3 is 0 Å². The van der Waals surface area contributed by atoms with Crippen LogP contribution in [0.3, 0.4) is 0 Å². The first-order valence-corrected chi connectivity index (χ1v) is 7.94. The first-order chi connectivity index (χ1) is 11.3. The third-order valence-corrected chi connectivity index (χ3v) is 4.49. The maximum Gasteiger partial charge on any atom is 0.137 e. The van der Waals surface area contributed by atoms with Crippen LogP contribution in [-0.4, -0.2) is 31.8 Å². The highest BCUT2D eigenvalue weighted by atomic mass is 15.0. The molecular formula is C18H19N5. The van der Waals surface area contributed by atoms with E-state index in [9.17, 15) is 0 Å². The number of aryl methyl sites for hydroxylation is 1. The van der Waals surface area contributed by atoms with E-state index in [0.29, 0.717) is 5.92 Å². The van der Waals surface area contributed by atoms with Crippen molar-refractivity contribution in [2.45, 2.75) is 25.9 Å². The molecule has 0 saturated carbocycles. The Bertz CT molecular complexity index is 857. The first-order valence-electron chi connectivity index (χ1n) is 7.94. The Labute approximate surface area is 134 Å². The number of aromatic nitrogens is 4. The maximum atomic E-state index is 4.71. The summed E-state index contributed by atoms with van der Waals surface area (Å²) in [6, 6.07) is 4.38. The number of nitrogens with zero attached hydrogens (tertiary/aromatic N) is 4. The fraction of sp³-hybridized carbons (Fsp3) is 0.278. The molecule has 5 nitrogen and oxygen atoms in total. The molecule has 3 aromatic rings. The molecule has 2 atom stereocenters. The van der Waals surface area contributed by atoms with Gasteiger partial charge in [-0.1, -0.05) is 13.0 Å². The smallest absolute Gasteiger partial charge is 0.137 e. The summed E-state index contributed by atoms with van der Waals surface area (Å²) in [4.78, 5) is 16.3. The molecule has 0 fully saturated rings. The predicted octanol–water partition coefficient (Wildman–Crippen LogP) is 3.32. The second kappa shape index (κ2) is 5.83. The summed E-state index contributed by atoms with van der Waals surface area (Å²) in [5.41, 5.74) is 3.31. The summed E-state index contributed by atoms with van der Waals surface area (Å²) in [7, 11) is 0. The Kier molecular flexibility index (Phi) is 3.54. The molecule has 1 N–H and O–H groups in total. The zero-order chi connectivity index (χ0) is 15.6. The molecule has 1 aliphatic rings. The minimum Gasteiger partial charge on any atom is -0.346 e. The Morgan fingerprint density at radius 1 is 1.30 bits per heavy atom. The minimum absolute atomic E-state index is 0.246. The third-order valence-electron chi connectivity index (χ3n) is 4.49. The normalized spacial score (nSPS) is 18.5. The standard InChI is InChI=1S/C18H19N5/c1-13(4-8-23-9-7-19-12-23)17-10-14(11-22-17)15-2-5-20-18-16(15)3-6-21-18/h2-3,5-7,9-13,17H,4,8H2,1H3,(H,20,21). The van der Waals surface area contributed by atoms with E-state index >= 15 is 0 Å². The van der Waals surface area contributed by atoms with Crippen molar-refractivity contribution >= 4 is 22.8 Å². The molecule has 0 aromatic carbocycles. The first kappa shape index (κ1) is 13.9. The average molecular weight is 305 g/mol.